The van der Waals surface area contributed by atoms with Gasteiger partial charge in [-0.1, -0.05) is 0 Å². The fourth-order valence-corrected chi connectivity index (χ4v) is 1.25. The van der Waals surface area contributed by atoms with Gasteiger partial charge >= 0.3 is 0 Å². The zero-order valence-corrected chi connectivity index (χ0v) is 8.05. The molecule has 0 aliphatic carbocycles. The minimum absolute atomic E-state index is 0. The number of amides is 1. The van der Waals surface area contributed by atoms with Gasteiger partial charge in [-0.05, 0) is 23.8 Å². The highest BCUT2D eigenvalue weighted by Gasteiger charge is 2.16. The van der Waals surface area contributed by atoms with Crippen LogP contribution in [0, 0.1) is 0 Å². The number of nitrogen functional groups attached to an aromatic ring is 1. The SMILES string of the molecule is Br.Nc1ccc2c(c1)CC(=O)N2. The molecule has 1 heterocycles. The number of carbonyl (C=O) groups excluding carboxylic acids is 1. The fourth-order valence-electron chi connectivity index (χ4n) is 1.25. The standard InChI is InChI=1S/C8H8N2O.BrH/c9-6-1-2-7-5(3-6)4-8(11)10-7;/h1-3H,4,9H2,(H,10,11);1H. The van der Waals surface area contributed by atoms with E-state index in [2.05, 4.69) is 5.32 Å². The minimum atomic E-state index is 0. The predicted molar refractivity (Wildman–Crippen MR) is 53.5 cm³/mol. The van der Waals surface area contributed by atoms with Crippen molar-refractivity contribution in [2.45, 2.75) is 6.42 Å². The number of carbonyl (C=O) groups is 1. The molecule has 1 aliphatic rings. The third-order valence-electron chi connectivity index (χ3n) is 1.75. The van der Waals surface area contributed by atoms with Gasteiger partial charge in [0.2, 0.25) is 5.91 Å². The maximum absolute atomic E-state index is 10.9. The number of fused-ring (bicyclic) bond motifs is 1. The molecule has 4 heteroatoms. The Morgan fingerprint density at radius 3 is 2.92 bits per heavy atom. The molecule has 2 rings (SSSR count). The summed E-state index contributed by atoms with van der Waals surface area (Å²) in [7, 11) is 0. The van der Waals surface area contributed by atoms with E-state index in [-0.39, 0.29) is 22.9 Å². The first kappa shape index (κ1) is 9.06. The molecule has 1 aromatic carbocycles. The highest BCUT2D eigenvalue weighted by Crippen LogP contribution is 2.24. The molecular weight excluding hydrogens is 220 g/mol. The van der Waals surface area contributed by atoms with Crippen LogP contribution < -0.4 is 11.1 Å². The lowest BCUT2D eigenvalue weighted by Crippen LogP contribution is -2.03. The van der Waals surface area contributed by atoms with Gasteiger partial charge in [-0.25, -0.2) is 0 Å². The summed E-state index contributed by atoms with van der Waals surface area (Å²) in [4.78, 5) is 10.9. The van der Waals surface area contributed by atoms with Crippen LogP contribution in [-0.4, -0.2) is 5.91 Å². The Bertz CT molecular complexity index is 325. The molecule has 0 saturated carbocycles. The Morgan fingerprint density at radius 1 is 1.42 bits per heavy atom. The summed E-state index contributed by atoms with van der Waals surface area (Å²) in [6, 6.07) is 5.44. The van der Waals surface area contributed by atoms with E-state index in [4.69, 9.17) is 5.73 Å². The number of anilines is 2. The van der Waals surface area contributed by atoms with Crippen molar-refractivity contribution in [1.29, 1.82) is 0 Å². The van der Waals surface area contributed by atoms with E-state index < -0.39 is 0 Å². The lowest BCUT2D eigenvalue weighted by Gasteiger charge is -1.97. The molecule has 0 unspecified atom stereocenters. The summed E-state index contributed by atoms with van der Waals surface area (Å²) in [6.07, 6.45) is 0.459. The Labute approximate surface area is 80.7 Å². The second kappa shape index (κ2) is 3.15. The Kier molecular flexibility index (Phi) is 2.38. The third-order valence-corrected chi connectivity index (χ3v) is 1.75. The van der Waals surface area contributed by atoms with Crippen molar-refractivity contribution in [3.8, 4) is 0 Å². The van der Waals surface area contributed by atoms with Gasteiger partial charge in [0.05, 0.1) is 6.42 Å². The smallest absolute Gasteiger partial charge is 0.228 e. The quantitative estimate of drug-likeness (QED) is 0.659. The van der Waals surface area contributed by atoms with Crippen LogP contribution in [0.25, 0.3) is 0 Å². The van der Waals surface area contributed by atoms with Gasteiger partial charge in [-0.2, -0.15) is 0 Å². The Balaban J connectivity index is 0.000000720. The Hall–Kier alpha value is -1.03. The highest BCUT2D eigenvalue weighted by atomic mass is 79.9. The molecule has 0 aromatic heterocycles. The number of nitrogens with two attached hydrogens (primary N) is 1. The molecule has 0 radical (unpaired) electrons. The minimum Gasteiger partial charge on any atom is -0.399 e. The summed E-state index contributed by atoms with van der Waals surface area (Å²) in [5, 5.41) is 2.73. The van der Waals surface area contributed by atoms with Crippen LogP contribution in [0.2, 0.25) is 0 Å². The number of rotatable bonds is 0. The molecule has 3 nitrogen and oxygen atoms in total. The number of benzene rings is 1. The van der Waals surface area contributed by atoms with Gasteiger partial charge < -0.3 is 11.1 Å². The van der Waals surface area contributed by atoms with Crippen LogP contribution in [0.1, 0.15) is 5.56 Å². The van der Waals surface area contributed by atoms with Crippen LogP contribution in [0.15, 0.2) is 18.2 Å². The maximum atomic E-state index is 10.9. The molecular formula is C8H9BrN2O. The van der Waals surface area contributed by atoms with E-state index in [1.807, 2.05) is 12.1 Å². The first-order valence-electron chi connectivity index (χ1n) is 3.44. The summed E-state index contributed by atoms with van der Waals surface area (Å²) >= 11 is 0. The van der Waals surface area contributed by atoms with Gasteiger partial charge in [-0.15, -0.1) is 17.0 Å². The molecule has 64 valence electrons. The molecule has 12 heavy (non-hydrogen) atoms. The van der Waals surface area contributed by atoms with E-state index >= 15 is 0 Å². The van der Waals surface area contributed by atoms with Crippen molar-refractivity contribution in [2.24, 2.45) is 0 Å². The highest BCUT2D eigenvalue weighted by molar-refractivity contribution is 8.93. The molecule has 0 fully saturated rings. The summed E-state index contributed by atoms with van der Waals surface area (Å²) in [5.41, 5.74) is 8.13. The van der Waals surface area contributed by atoms with Crippen molar-refractivity contribution in [1.82, 2.24) is 0 Å². The third kappa shape index (κ3) is 1.43. The normalized spacial score (nSPS) is 13.2. The average molecular weight is 229 g/mol. The summed E-state index contributed by atoms with van der Waals surface area (Å²) < 4.78 is 0. The molecule has 0 atom stereocenters. The van der Waals surface area contributed by atoms with E-state index in [0.717, 1.165) is 11.3 Å². The van der Waals surface area contributed by atoms with Crippen molar-refractivity contribution in [3.63, 3.8) is 0 Å². The molecule has 1 aliphatic heterocycles. The van der Waals surface area contributed by atoms with Crippen LogP contribution in [0.3, 0.4) is 0 Å². The first-order valence-corrected chi connectivity index (χ1v) is 3.44. The number of hydrogen-bond acceptors (Lipinski definition) is 2. The van der Waals surface area contributed by atoms with Gasteiger partial charge in [0.1, 0.15) is 0 Å². The lowest BCUT2D eigenvalue weighted by atomic mass is 10.1. The maximum Gasteiger partial charge on any atom is 0.228 e. The van der Waals surface area contributed by atoms with Gasteiger partial charge in [0.25, 0.3) is 0 Å². The summed E-state index contributed by atoms with van der Waals surface area (Å²) in [5.74, 6) is 0.0469. The molecule has 0 saturated heterocycles. The largest absolute Gasteiger partial charge is 0.399 e. The summed E-state index contributed by atoms with van der Waals surface area (Å²) in [6.45, 7) is 0. The van der Waals surface area contributed by atoms with Gasteiger partial charge in [0.15, 0.2) is 0 Å². The van der Waals surface area contributed by atoms with E-state index in [0.29, 0.717) is 12.1 Å². The van der Waals surface area contributed by atoms with E-state index in [1.165, 1.54) is 0 Å². The molecule has 0 bridgehead atoms. The zero-order chi connectivity index (χ0) is 7.84. The number of halogens is 1. The number of nitrogens with one attached hydrogen (secondary N) is 1. The molecule has 1 aromatic rings. The second-order valence-electron chi connectivity index (χ2n) is 2.64. The van der Waals surface area contributed by atoms with Crippen LogP contribution in [0.5, 0.6) is 0 Å². The van der Waals surface area contributed by atoms with Crippen molar-refractivity contribution >= 4 is 34.3 Å². The van der Waals surface area contributed by atoms with Crippen molar-refractivity contribution in [3.05, 3.63) is 23.8 Å². The predicted octanol–water partition coefficient (Wildman–Crippen LogP) is 1.34. The van der Waals surface area contributed by atoms with Gasteiger partial charge in [0, 0.05) is 11.4 Å². The molecule has 3 N–H and O–H groups in total. The number of hydrogen-bond donors (Lipinski definition) is 2. The monoisotopic (exact) mass is 228 g/mol. The lowest BCUT2D eigenvalue weighted by molar-refractivity contribution is -0.115. The van der Waals surface area contributed by atoms with Crippen molar-refractivity contribution < 1.29 is 4.79 Å². The topological polar surface area (TPSA) is 55.1 Å². The average Bonchev–Trinajstić information content (AvgIpc) is 2.27. The Morgan fingerprint density at radius 2 is 2.17 bits per heavy atom. The van der Waals surface area contributed by atoms with Gasteiger partial charge in [-0.3, -0.25) is 4.79 Å². The van der Waals surface area contributed by atoms with Crippen LogP contribution in [-0.2, 0) is 11.2 Å². The molecule has 0 spiro atoms. The van der Waals surface area contributed by atoms with E-state index in [9.17, 15) is 4.79 Å². The molecule has 1 amide bonds. The van der Waals surface area contributed by atoms with E-state index in [1.54, 1.807) is 6.07 Å². The van der Waals surface area contributed by atoms with Crippen LogP contribution >= 0.6 is 17.0 Å². The zero-order valence-electron chi connectivity index (χ0n) is 6.33. The first-order chi connectivity index (χ1) is 5.25. The van der Waals surface area contributed by atoms with Crippen molar-refractivity contribution in [2.75, 3.05) is 11.1 Å². The van der Waals surface area contributed by atoms with Crippen LogP contribution in [0.4, 0.5) is 11.4 Å². The second-order valence-corrected chi connectivity index (χ2v) is 2.64. The fraction of sp³-hybridized carbons (Fsp3) is 0.125.